The molecule has 5 nitrogen and oxygen atoms in total. The predicted molar refractivity (Wildman–Crippen MR) is 82.8 cm³/mol. The molecule has 6 heteroatoms. The van der Waals surface area contributed by atoms with Crippen LogP contribution in [0.2, 0.25) is 0 Å². The van der Waals surface area contributed by atoms with Gasteiger partial charge in [0.05, 0.1) is 9.40 Å². The zero-order valence-corrected chi connectivity index (χ0v) is 13.2. The fourth-order valence-corrected chi connectivity index (χ4v) is 2.94. The monoisotopic (exact) mass is 341 g/mol. The lowest BCUT2D eigenvalue weighted by Crippen LogP contribution is -2.38. The summed E-state index contributed by atoms with van der Waals surface area (Å²) >= 11 is 3.20. The molecule has 1 aromatic rings. The third-order valence-corrected chi connectivity index (χ3v) is 4.41. The summed E-state index contributed by atoms with van der Waals surface area (Å²) in [6.07, 6.45) is 2.59. The van der Waals surface area contributed by atoms with Gasteiger partial charge in [-0.15, -0.1) is 0 Å². The number of nitrogens with zero attached hydrogens (tertiary/aromatic N) is 2. The average molecular weight is 342 g/mol. The summed E-state index contributed by atoms with van der Waals surface area (Å²) in [7, 11) is 0. The van der Waals surface area contributed by atoms with Crippen molar-refractivity contribution in [2.45, 2.75) is 32.4 Å². The van der Waals surface area contributed by atoms with Gasteiger partial charge in [0.15, 0.2) is 0 Å². The van der Waals surface area contributed by atoms with Crippen molar-refractivity contribution in [2.24, 2.45) is 0 Å². The van der Waals surface area contributed by atoms with Crippen LogP contribution in [-0.2, 0) is 6.54 Å². The first-order valence-corrected chi connectivity index (χ1v) is 7.75. The van der Waals surface area contributed by atoms with Crippen LogP contribution in [0.1, 0.15) is 25.3 Å². The Morgan fingerprint density at radius 3 is 2.80 bits per heavy atom. The summed E-state index contributed by atoms with van der Waals surface area (Å²) in [5, 5.41) is 14.3. The molecule has 110 valence electrons. The smallest absolute Gasteiger partial charge is 0.283 e. The molecule has 1 heterocycles. The Morgan fingerprint density at radius 2 is 2.15 bits per heavy atom. The maximum atomic E-state index is 10.9. The molecule has 0 spiro atoms. The van der Waals surface area contributed by atoms with Crippen molar-refractivity contribution in [1.29, 1.82) is 0 Å². The highest BCUT2D eigenvalue weighted by molar-refractivity contribution is 9.10. The van der Waals surface area contributed by atoms with Crippen LogP contribution in [-0.4, -0.2) is 35.5 Å². The molecule has 1 unspecified atom stereocenters. The lowest BCUT2D eigenvalue weighted by atomic mass is 10.2. The number of halogens is 1. The molecule has 1 saturated heterocycles. The number of hydrogen-bond acceptors (Lipinski definition) is 4. The van der Waals surface area contributed by atoms with Gasteiger partial charge in [-0.05, 0) is 60.4 Å². The maximum Gasteiger partial charge on any atom is 0.283 e. The van der Waals surface area contributed by atoms with Gasteiger partial charge < -0.3 is 5.32 Å². The Bertz CT molecular complexity index is 475. The van der Waals surface area contributed by atoms with Gasteiger partial charge in [-0.2, -0.15) is 0 Å². The van der Waals surface area contributed by atoms with Crippen molar-refractivity contribution < 1.29 is 4.92 Å². The molecule has 0 aromatic heterocycles. The molecule has 20 heavy (non-hydrogen) atoms. The molecule has 1 aliphatic heterocycles. The number of likely N-dealkylation sites (tertiary alicyclic amines) is 1. The SMILES string of the molecule is CC(CNCc1ccc(Br)c([N+](=O)[O-])c1)N1CCCC1. The van der Waals surface area contributed by atoms with Crippen LogP contribution in [0, 0.1) is 10.1 Å². The Balaban J connectivity index is 1.84. The van der Waals surface area contributed by atoms with Crippen molar-refractivity contribution in [1.82, 2.24) is 10.2 Å². The van der Waals surface area contributed by atoms with Gasteiger partial charge in [-0.1, -0.05) is 6.07 Å². The van der Waals surface area contributed by atoms with Gasteiger partial charge in [0.25, 0.3) is 5.69 Å². The van der Waals surface area contributed by atoms with E-state index < -0.39 is 0 Å². The first-order chi connectivity index (χ1) is 9.58. The quantitative estimate of drug-likeness (QED) is 0.638. The van der Waals surface area contributed by atoms with Gasteiger partial charge in [0.2, 0.25) is 0 Å². The van der Waals surface area contributed by atoms with E-state index in [0.29, 0.717) is 17.1 Å². The Kier molecular flexibility index (Phi) is 5.51. The highest BCUT2D eigenvalue weighted by Gasteiger charge is 2.17. The minimum atomic E-state index is -0.361. The van der Waals surface area contributed by atoms with Gasteiger partial charge in [0, 0.05) is 25.2 Å². The second-order valence-electron chi connectivity index (χ2n) is 5.27. The second kappa shape index (κ2) is 7.15. The molecule has 1 atom stereocenters. The molecule has 1 aliphatic rings. The lowest BCUT2D eigenvalue weighted by molar-refractivity contribution is -0.385. The number of hydrogen-bond donors (Lipinski definition) is 1. The molecule has 1 fully saturated rings. The lowest BCUT2D eigenvalue weighted by Gasteiger charge is -2.23. The van der Waals surface area contributed by atoms with Gasteiger partial charge >= 0.3 is 0 Å². The van der Waals surface area contributed by atoms with E-state index in [9.17, 15) is 10.1 Å². The summed E-state index contributed by atoms with van der Waals surface area (Å²) in [4.78, 5) is 13.0. The summed E-state index contributed by atoms with van der Waals surface area (Å²) in [5.41, 5.74) is 1.06. The highest BCUT2D eigenvalue weighted by Crippen LogP contribution is 2.25. The van der Waals surface area contributed by atoms with E-state index >= 15 is 0 Å². The van der Waals surface area contributed by atoms with E-state index in [1.807, 2.05) is 6.07 Å². The average Bonchev–Trinajstić information content (AvgIpc) is 2.94. The molecular formula is C14H20BrN3O2. The molecule has 1 aromatic carbocycles. The van der Waals surface area contributed by atoms with Crippen LogP contribution < -0.4 is 5.32 Å². The van der Waals surface area contributed by atoms with Gasteiger partial charge in [-0.3, -0.25) is 15.0 Å². The Hall–Kier alpha value is -0.980. The highest BCUT2D eigenvalue weighted by atomic mass is 79.9. The first-order valence-electron chi connectivity index (χ1n) is 6.95. The predicted octanol–water partition coefficient (Wildman–Crippen LogP) is 2.93. The van der Waals surface area contributed by atoms with E-state index in [1.54, 1.807) is 12.1 Å². The molecular weight excluding hydrogens is 322 g/mol. The third kappa shape index (κ3) is 4.01. The summed E-state index contributed by atoms with van der Waals surface area (Å²) in [6, 6.07) is 5.78. The number of nitrogens with one attached hydrogen (secondary N) is 1. The van der Waals surface area contributed by atoms with Crippen molar-refractivity contribution in [3.05, 3.63) is 38.3 Å². The molecule has 0 radical (unpaired) electrons. The van der Waals surface area contributed by atoms with Crippen LogP contribution in [0.25, 0.3) is 0 Å². The van der Waals surface area contributed by atoms with E-state index in [-0.39, 0.29) is 10.6 Å². The van der Waals surface area contributed by atoms with E-state index in [1.165, 1.54) is 25.9 Å². The van der Waals surface area contributed by atoms with Crippen LogP contribution >= 0.6 is 15.9 Å². The maximum absolute atomic E-state index is 10.9. The number of nitro benzene ring substituents is 1. The molecule has 0 aliphatic carbocycles. The molecule has 0 bridgehead atoms. The first kappa shape index (κ1) is 15.4. The number of rotatable bonds is 6. The zero-order valence-electron chi connectivity index (χ0n) is 11.6. The molecule has 0 saturated carbocycles. The number of nitro groups is 1. The zero-order chi connectivity index (χ0) is 14.5. The Labute approximate surface area is 127 Å². The van der Waals surface area contributed by atoms with Gasteiger partial charge in [0.1, 0.15) is 0 Å². The summed E-state index contributed by atoms with van der Waals surface area (Å²) < 4.78 is 0.525. The second-order valence-corrected chi connectivity index (χ2v) is 6.12. The topological polar surface area (TPSA) is 58.4 Å². The van der Waals surface area contributed by atoms with Crippen molar-refractivity contribution in [2.75, 3.05) is 19.6 Å². The minimum Gasteiger partial charge on any atom is -0.311 e. The van der Waals surface area contributed by atoms with E-state index in [2.05, 4.69) is 33.1 Å². The summed E-state index contributed by atoms with van der Waals surface area (Å²) in [5.74, 6) is 0. The molecule has 1 N–H and O–H groups in total. The van der Waals surface area contributed by atoms with Crippen molar-refractivity contribution >= 4 is 21.6 Å². The van der Waals surface area contributed by atoms with Crippen LogP contribution in [0.4, 0.5) is 5.69 Å². The van der Waals surface area contributed by atoms with Crippen molar-refractivity contribution in [3.63, 3.8) is 0 Å². The van der Waals surface area contributed by atoms with Crippen LogP contribution in [0.15, 0.2) is 22.7 Å². The van der Waals surface area contributed by atoms with Crippen LogP contribution in [0.3, 0.4) is 0 Å². The normalized spacial score (nSPS) is 17.3. The van der Waals surface area contributed by atoms with Crippen molar-refractivity contribution in [3.8, 4) is 0 Å². The third-order valence-electron chi connectivity index (χ3n) is 3.74. The Morgan fingerprint density at radius 1 is 1.45 bits per heavy atom. The standard InChI is InChI=1S/C14H20BrN3O2/c1-11(17-6-2-3-7-17)9-16-10-12-4-5-13(15)14(8-12)18(19)20/h4-5,8,11,16H,2-3,6-7,9-10H2,1H3. The molecule has 0 amide bonds. The molecule has 2 rings (SSSR count). The number of benzene rings is 1. The fourth-order valence-electron chi connectivity index (χ4n) is 2.54. The van der Waals surface area contributed by atoms with Crippen LogP contribution in [0.5, 0.6) is 0 Å². The van der Waals surface area contributed by atoms with Gasteiger partial charge in [-0.25, -0.2) is 0 Å². The van der Waals surface area contributed by atoms with E-state index in [0.717, 1.165) is 12.1 Å². The minimum absolute atomic E-state index is 0.122. The largest absolute Gasteiger partial charge is 0.311 e. The van der Waals surface area contributed by atoms with E-state index in [4.69, 9.17) is 0 Å². The summed E-state index contributed by atoms with van der Waals surface area (Å²) in [6.45, 7) is 6.16. The fraction of sp³-hybridized carbons (Fsp3) is 0.571.